The van der Waals surface area contributed by atoms with Crippen molar-refractivity contribution in [1.29, 1.82) is 0 Å². The van der Waals surface area contributed by atoms with Crippen LogP contribution in [0.15, 0.2) is 71.8 Å². The van der Waals surface area contributed by atoms with Crippen LogP contribution in [0.2, 0.25) is 0 Å². The van der Waals surface area contributed by atoms with E-state index >= 15 is 0 Å². The number of fused-ring (bicyclic) bond motifs is 1. The summed E-state index contributed by atoms with van der Waals surface area (Å²) in [6, 6.07) is 22.1. The summed E-state index contributed by atoms with van der Waals surface area (Å²) in [4.78, 5) is 4.65. The van der Waals surface area contributed by atoms with Crippen molar-refractivity contribution in [2.75, 3.05) is 0 Å². The summed E-state index contributed by atoms with van der Waals surface area (Å²) in [5.74, 6) is 5.53. The fourth-order valence-electron chi connectivity index (χ4n) is 2.23. The first kappa shape index (κ1) is 12.4. The first-order valence-corrected chi connectivity index (χ1v) is 6.53. The summed E-state index contributed by atoms with van der Waals surface area (Å²) in [7, 11) is 0. The van der Waals surface area contributed by atoms with Gasteiger partial charge < -0.3 is 5.84 Å². The van der Waals surface area contributed by atoms with E-state index in [9.17, 15) is 0 Å². The Bertz CT molecular complexity index is 748. The third kappa shape index (κ3) is 2.52. The normalized spacial score (nSPS) is 11.7. The third-order valence-electron chi connectivity index (χ3n) is 3.27. The molecule has 0 spiro atoms. The van der Waals surface area contributed by atoms with E-state index in [4.69, 9.17) is 5.84 Å². The summed E-state index contributed by atoms with van der Waals surface area (Å²) >= 11 is 0. The first-order valence-electron chi connectivity index (χ1n) is 6.53. The van der Waals surface area contributed by atoms with Gasteiger partial charge in [-0.1, -0.05) is 54.6 Å². The molecule has 0 saturated carbocycles. The molecule has 2 aromatic carbocycles. The molecule has 3 rings (SSSR count). The highest BCUT2D eigenvalue weighted by molar-refractivity contribution is 6.01. The Labute approximate surface area is 117 Å². The lowest BCUT2D eigenvalue weighted by atomic mass is 10.0. The number of hydrogen-bond donors (Lipinski definition) is 1. The molecule has 0 aliphatic heterocycles. The quantitative estimate of drug-likeness (QED) is 0.447. The number of aromatic nitrogens is 1. The van der Waals surface area contributed by atoms with Crippen LogP contribution in [0.3, 0.4) is 0 Å². The van der Waals surface area contributed by atoms with Crippen LogP contribution in [0.25, 0.3) is 10.9 Å². The van der Waals surface area contributed by atoms with Crippen LogP contribution in [-0.2, 0) is 6.42 Å². The Morgan fingerprint density at radius 1 is 0.900 bits per heavy atom. The Balaban J connectivity index is 1.92. The number of rotatable bonds is 3. The minimum Gasteiger partial charge on any atom is -0.323 e. The highest BCUT2D eigenvalue weighted by Crippen LogP contribution is 2.13. The summed E-state index contributed by atoms with van der Waals surface area (Å²) in [6.45, 7) is 0. The molecule has 1 heterocycles. The fourth-order valence-corrected chi connectivity index (χ4v) is 2.23. The van der Waals surface area contributed by atoms with Gasteiger partial charge in [0, 0.05) is 17.5 Å². The van der Waals surface area contributed by atoms with Gasteiger partial charge in [-0.15, -0.1) is 0 Å². The number of benzene rings is 2. The Morgan fingerprint density at radius 3 is 2.45 bits per heavy atom. The maximum absolute atomic E-state index is 5.53. The van der Waals surface area contributed by atoms with Crippen molar-refractivity contribution in [2.45, 2.75) is 6.42 Å². The van der Waals surface area contributed by atoms with E-state index in [0.29, 0.717) is 6.42 Å². The lowest BCUT2D eigenvalue weighted by Gasteiger charge is -2.06. The second-order valence-corrected chi connectivity index (χ2v) is 4.61. The molecule has 3 heteroatoms. The molecule has 0 bridgehead atoms. The van der Waals surface area contributed by atoms with Gasteiger partial charge in [-0.2, -0.15) is 5.10 Å². The molecule has 0 atom stereocenters. The molecular formula is C17H15N3. The largest absolute Gasteiger partial charge is 0.323 e. The van der Waals surface area contributed by atoms with Crippen molar-refractivity contribution in [2.24, 2.45) is 10.9 Å². The smallest absolute Gasteiger partial charge is 0.0732 e. The maximum atomic E-state index is 5.53. The van der Waals surface area contributed by atoms with Crippen LogP contribution in [-0.4, -0.2) is 10.7 Å². The molecule has 3 aromatic rings. The Kier molecular flexibility index (Phi) is 3.42. The summed E-state index contributed by atoms with van der Waals surface area (Å²) in [6.07, 6.45) is 0.630. The molecule has 2 N–H and O–H groups in total. The predicted molar refractivity (Wildman–Crippen MR) is 82.6 cm³/mol. The SMILES string of the molecule is N/N=C(/Cc1ccc2ccccc2n1)c1ccccc1. The highest BCUT2D eigenvalue weighted by atomic mass is 15.1. The van der Waals surface area contributed by atoms with Gasteiger partial charge in [-0.25, -0.2) is 0 Å². The number of hydrazone groups is 1. The van der Waals surface area contributed by atoms with Crippen LogP contribution in [0, 0.1) is 0 Å². The second kappa shape index (κ2) is 5.53. The van der Waals surface area contributed by atoms with Gasteiger partial charge in [-0.05, 0) is 17.7 Å². The van der Waals surface area contributed by atoms with Crippen LogP contribution in [0.1, 0.15) is 11.3 Å². The van der Waals surface area contributed by atoms with Gasteiger partial charge in [0.05, 0.1) is 11.2 Å². The maximum Gasteiger partial charge on any atom is 0.0732 e. The fraction of sp³-hybridized carbons (Fsp3) is 0.0588. The van der Waals surface area contributed by atoms with E-state index in [1.54, 1.807) is 0 Å². The van der Waals surface area contributed by atoms with E-state index in [0.717, 1.165) is 27.9 Å². The standard InChI is InChI=1S/C17H15N3/c18-20-17(13-6-2-1-3-7-13)12-15-11-10-14-8-4-5-9-16(14)19-15/h1-11H,12,18H2/b20-17-. The van der Waals surface area contributed by atoms with Crippen molar-refractivity contribution in [1.82, 2.24) is 4.98 Å². The molecular weight excluding hydrogens is 246 g/mol. The second-order valence-electron chi connectivity index (χ2n) is 4.61. The monoisotopic (exact) mass is 261 g/mol. The van der Waals surface area contributed by atoms with Gasteiger partial charge in [0.2, 0.25) is 0 Å². The number of nitrogens with two attached hydrogens (primary N) is 1. The van der Waals surface area contributed by atoms with Gasteiger partial charge >= 0.3 is 0 Å². The molecule has 3 nitrogen and oxygen atoms in total. The van der Waals surface area contributed by atoms with Crippen molar-refractivity contribution < 1.29 is 0 Å². The van der Waals surface area contributed by atoms with Crippen molar-refractivity contribution in [3.8, 4) is 0 Å². The molecule has 20 heavy (non-hydrogen) atoms. The van der Waals surface area contributed by atoms with Crippen molar-refractivity contribution in [3.05, 3.63) is 78.0 Å². The van der Waals surface area contributed by atoms with Crippen molar-refractivity contribution in [3.63, 3.8) is 0 Å². The zero-order valence-corrected chi connectivity index (χ0v) is 11.0. The zero-order chi connectivity index (χ0) is 13.8. The van der Waals surface area contributed by atoms with Gasteiger partial charge in [0.25, 0.3) is 0 Å². The number of pyridine rings is 1. The van der Waals surface area contributed by atoms with Crippen LogP contribution in [0.4, 0.5) is 0 Å². The minimum absolute atomic E-state index is 0.630. The van der Waals surface area contributed by atoms with E-state index < -0.39 is 0 Å². The van der Waals surface area contributed by atoms with Crippen LogP contribution in [0.5, 0.6) is 0 Å². The third-order valence-corrected chi connectivity index (χ3v) is 3.27. The number of nitrogens with zero attached hydrogens (tertiary/aromatic N) is 2. The lowest BCUT2D eigenvalue weighted by molar-refractivity contribution is 1.14. The van der Waals surface area contributed by atoms with Gasteiger partial charge in [0.15, 0.2) is 0 Å². The minimum atomic E-state index is 0.630. The van der Waals surface area contributed by atoms with E-state index in [-0.39, 0.29) is 0 Å². The van der Waals surface area contributed by atoms with Crippen molar-refractivity contribution >= 4 is 16.6 Å². The Hall–Kier alpha value is -2.68. The zero-order valence-electron chi connectivity index (χ0n) is 11.0. The predicted octanol–water partition coefficient (Wildman–Crippen LogP) is 3.14. The van der Waals surface area contributed by atoms with E-state index in [1.165, 1.54) is 0 Å². The lowest BCUT2D eigenvalue weighted by Crippen LogP contribution is -2.09. The molecule has 0 radical (unpaired) electrons. The van der Waals surface area contributed by atoms with Gasteiger partial charge in [-0.3, -0.25) is 4.98 Å². The van der Waals surface area contributed by atoms with Crippen LogP contribution >= 0.6 is 0 Å². The highest BCUT2D eigenvalue weighted by Gasteiger charge is 2.06. The topological polar surface area (TPSA) is 51.3 Å². The molecule has 98 valence electrons. The molecule has 0 aliphatic rings. The van der Waals surface area contributed by atoms with E-state index in [1.807, 2.05) is 54.6 Å². The Morgan fingerprint density at radius 2 is 1.65 bits per heavy atom. The summed E-state index contributed by atoms with van der Waals surface area (Å²) in [5, 5.41) is 5.05. The van der Waals surface area contributed by atoms with Gasteiger partial charge in [0.1, 0.15) is 0 Å². The number of para-hydroxylation sites is 1. The molecule has 0 amide bonds. The molecule has 0 fully saturated rings. The molecule has 0 aliphatic carbocycles. The summed E-state index contributed by atoms with van der Waals surface area (Å²) < 4.78 is 0. The molecule has 1 aromatic heterocycles. The number of hydrogen-bond acceptors (Lipinski definition) is 3. The first-order chi connectivity index (χ1) is 9.86. The van der Waals surface area contributed by atoms with Crippen LogP contribution < -0.4 is 5.84 Å². The summed E-state index contributed by atoms with van der Waals surface area (Å²) in [5.41, 5.74) is 3.84. The molecule has 0 unspecified atom stereocenters. The molecule has 0 saturated heterocycles. The average Bonchev–Trinajstić information content (AvgIpc) is 2.53. The van der Waals surface area contributed by atoms with E-state index in [2.05, 4.69) is 22.2 Å². The average molecular weight is 261 g/mol.